The maximum atomic E-state index is 11.7. The van der Waals surface area contributed by atoms with Crippen LogP contribution in [0.15, 0.2) is 24.3 Å². The fourth-order valence-corrected chi connectivity index (χ4v) is 8.12. The molecule has 7 rings (SSSR count). The number of benzene rings is 1. The Labute approximate surface area is 178 Å². The predicted octanol–water partition coefficient (Wildman–Crippen LogP) is 3.02. The number of phenolic OH excluding ortho intramolecular Hbond substituents is 1. The molecule has 30 heavy (non-hydrogen) atoms. The van der Waals surface area contributed by atoms with E-state index >= 15 is 0 Å². The number of nitrogens with zero attached hydrogens (tertiary/aromatic N) is 1. The standard InChI is InChI=1S/C25H33NO4/c1-14(2)22(3,28)17-13-23-8-9-25(17,29-5)21-24(23)10-11-26(4)18(23)12-15-6-7-16(27)20(30-21)19(15)24/h6-9,14,17-18,21,27-28H,10-13H2,1-5H3/t17-,18-,21-,22?,23-,24+,25?/m1/s1. The minimum Gasteiger partial charge on any atom is -0.504 e. The molecule has 2 aliphatic heterocycles. The van der Waals surface area contributed by atoms with E-state index in [1.807, 2.05) is 6.92 Å². The van der Waals surface area contributed by atoms with Crippen LogP contribution in [0.4, 0.5) is 0 Å². The van der Waals surface area contributed by atoms with Gasteiger partial charge in [0.25, 0.3) is 0 Å². The number of phenols is 1. The van der Waals surface area contributed by atoms with Crippen molar-refractivity contribution in [2.24, 2.45) is 17.3 Å². The highest BCUT2D eigenvalue weighted by atomic mass is 16.6. The summed E-state index contributed by atoms with van der Waals surface area (Å²) in [6.07, 6.45) is 7.15. The summed E-state index contributed by atoms with van der Waals surface area (Å²) in [5, 5.41) is 22.5. The van der Waals surface area contributed by atoms with Crippen LogP contribution in [0.1, 0.15) is 44.7 Å². The number of likely N-dealkylation sites (N-methyl/N-ethyl adjacent to an activating group) is 1. The molecule has 162 valence electrons. The van der Waals surface area contributed by atoms with E-state index < -0.39 is 11.2 Å². The summed E-state index contributed by atoms with van der Waals surface area (Å²) >= 11 is 0. The SMILES string of the molecule is COC12C=C[C@@]3(C[C@@H]1C(C)(O)C(C)C)[C@H]1Cc4ccc(O)c5c4[C@@]3(CCN1C)[C@H]2O5. The van der Waals surface area contributed by atoms with Crippen LogP contribution < -0.4 is 4.74 Å². The number of methoxy groups -OCH3 is 1. The largest absolute Gasteiger partial charge is 0.504 e. The van der Waals surface area contributed by atoms with Gasteiger partial charge in [0.1, 0.15) is 11.7 Å². The molecule has 5 nitrogen and oxygen atoms in total. The topological polar surface area (TPSA) is 62.2 Å². The molecule has 2 heterocycles. The number of likely N-dealkylation sites (tertiary alicyclic amines) is 1. The van der Waals surface area contributed by atoms with Crippen molar-refractivity contribution in [2.45, 2.75) is 68.8 Å². The molecular formula is C25H33NO4. The fourth-order valence-electron chi connectivity index (χ4n) is 8.12. The van der Waals surface area contributed by atoms with Gasteiger partial charge in [-0.05, 0) is 57.3 Å². The third-order valence-corrected chi connectivity index (χ3v) is 9.95. The van der Waals surface area contributed by atoms with E-state index in [0.717, 1.165) is 25.8 Å². The first-order chi connectivity index (χ1) is 14.2. The van der Waals surface area contributed by atoms with Gasteiger partial charge in [0.15, 0.2) is 11.5 Å². The number of hydrogen-bond acceptors (Lipinski definition) is 5. The lowest BCUT2D eigenvalue weighted by Crippen LogP contribution is -2.80. The van der Waals surface area contributed by atoms with Gasteiger partial charge >= 0.3 is 0 Å². The molecule has 0 radical (unpaired) electrons. The van der Waals surface area contributed by atoms with Crippen molar-refractivity contribution in [1.82, 2.24) is 4.90 Å². The van der Waals surface area contributed by atoms with E-state index in [4.69, 9.17) is 9.47 Å². The van der Waals surface area contributed by atoms with Crippen LogP contribution in [-0.4, -0.2) is 59.2 Å². The first-order valence-electron chi connectivity index (χ1n) is 11.4. The van der Waals surface area contributed by atoms with Crippen LogP contribution in [0.2, 0.25) is 0 Å². The molecule has 1 saturated carbocycles. The van der Waals surface area contributed by atoms with E-state index in [2.05, 4.69) is 44.0 Å². The van der Waals surface area contributed by atoms with Gasteiger partial charge in [0.2, 0.25) is 0 Å². The van der Waals surface area contributed by atoms with E-state index in [-0.39, 0.29) is 34.5 Å². The van der Waals surface area contributed by atoms with Gasteiger partial charge in [-0.3, -0.25) is 0 Å². The molecule has 7 atom stereocenters. The Morgan fingerprint density at radius 2 is 2.07 bits per heavy atom. The zero-order valence-corrected chi connectivity index (χ0v) is 18.6. The van der Waals surface area contributed by atoms with Gasteiger partial charge in [-0.25, -0.2) is 0 Å². The Hall–Kier alpha value is -1.56. The molecule has 6 aliphatic rings. The lowest BCUT2D eigenvalue weighted by atomic mass is 9.36. The molecule has 2 fully saturated rings. The van der Waals surface area contributed by atoms with Crippen LogP contribution in [0.25, 0.3) is 0 Å². The summed E-state index contributed by atoms with van der Waals surface area (Å²) in [5.74, 6) is 0.872. The second-order valence-corrected chi connectivity index (χ2v) is 10.9. The Balaban J connectivity index is 1.68. The minimum atomic E-state index is -0.900. The first-order valence-corrected chi connectivity index (χ1v) is 11.4. The predicted molar refractivity (Wildman–Crippen MR) is 114 cm³/mol. The molecule has 1 aromatic rings. The van der Waals surface area contributed by atoms with Crippen molar-refractivity contribution in [1.29, 1.82) is 0 Å². The molecule has 2 spiro atoms. The molecular weight excluding hydrogens is 378 g/mol. The van der Waals surface area contributed by atoms with Crippen molar-refractivity contribution in [3.63, 3.8) is 0 Å². The minimum absolute atomic E-state index is 0.0866. The summed E-state index contributed by atoms with van der Waals surface area (Å²) in [6, 6.07) is 4.22. The third-order valence-electron chi connectivity index (χ3n) is 9.95. The van der Waals surface area contributed by atoms with Gasteiger partial charge in [-0.15, -0.1) is 0 Å². The lowest BCUT2D eigenvalue weighted by molar-refractivity contribution is -0.252. The molecule has 0 amide bonds. The third kappa shape index (κ3) is 1.73. The Kier molecular flexibility index (Phi) is 3.47. The van der Waals surface area contributed by atoms with Gasteiger partial charge in [0.05, 0.1) is 11.0 Å². The molecule has 2 N–H and O–H groups in total. The molecule has 5 heteroatoms. The number of aliphatic hydroxyl groups is 1. The van der Waals surface area contributed by atoms with Crippen LogP contribution in [0.5, 0.6) is 11.5 Å². The first kappa shape index (κ1) is 19.1. The smallest absolute Gasteiger partial charge is 0.165 e. The van der Waals surface area contributed by atoms with Gasteiger partial charge in [-0.2, -0.15) is 0 Å². The monoisotopic (exact) mass is 411 g/mol. The summed E-state index contributed by atoms with van der Waals surface area (Å²) < 4.78 is 13.1. The normalized spacial score (nSPS) is 44.7. The van der Waals surface area contributed by atoms with Crippen LogP contribution in [-0.2, 0) is 16.6 Å². The fraction of sp³-hybridized carbons (Fsp3) is 0.680. The van der Waals surface area contributed by atoms with E-state index in [0.29, 0.717) is 11.8 Å². The number of fused-ring (bicyclic) bond motifs is 1. The zero-order chi connectivity index (χ0) is 21.3. The van der Waals surface area contributed by atoms with Crippen molar-refractivity contribution in [3.8, 4) is 11.5 Å². The Bertz CT molecular complexity index is 970. The zero-order valence-electron chi connectivity index (χ0n) is 18.6. The second-order valence-electron chi connectivity index (χ2n) is 10.9. The quantitative estimate of drug-likeness (QED) is 0.749. The highest BCUT2D eigenvalue weighted by molar-refractivity contribution is 5.65. The van der Waals surface area contributed by atoms with Crippen molar-refractivity contribution in [3.05, 3.63) is 35.4 Å². The second kappa shape index (κ2) is 5.43. The van der Waals surface area contributed by atoms with E-state index in [9.17, 15) is 10.2 Å². The van der Waals surface area contributed by atoms with Crippen molar-refractivity contribution in [2.75, 3.05) is 20.7 Å². The van der Waals surface area contributed by atoms with Crippen molar-refractivity contribution >= 4 is 0 Å². The number of aromatic hydroxyl groups is 1. The molecule has 4 bridgehead atoms. The Morgan fingerprint density at radius 3 is 2.77 bits per heavy atom. The van der Waals surface area contributed by atoms with Crippen molar-refractivity contribution < 1.29 is 19.7 Å². The van der Waals surface area contributed by atoms with E-state index in [1.165, 1.54) is 11.1 Å². The maximum Gasteiger partial charge on any atom is 0.165 e. The average molecular weight is 412 g/mol. The number of hydrogen-bond donors (Lipinski definition) is 2. The highest BCUT2D eigenvalue weighted by Gasteiger charge is 2.80. The van der Waals surface area contributed by atoms with Gasteiger partial charge < -0.3 is 24.6 Å². The number of ether oxygens (including phenoxy) is 2. The molecule has 1 saturated heterocycles. The summed E-state index contributed by atoms with van der Waals surface area (Å²) in [7, 11) is 3.99. The Morgan fingerprint density at radius 1 is 1.30 bits per heavy atom. The molecule has 1 aromatic carbocycles. The summed E-state index contributed by atoms with van der Waals surface area (Å²) in [4.78, 5) is 2.51. The number of piperidine rings is 1. The van der Waals surface area contributed by atoms with E-state index in [1.54, 1.807) is 13.2 Å². The van der Waals surface area contributed by atoms with Crippen LogP contribution in [0.3, 0.4) is 0 Å². The molecule has 0 aromatic heterocycles. The molecule has 4 aliphatic carbocycles. The van der Waals surface area contributed by atoms with Gasteiger partial charge in [-0.1, -0.05) is 32.1 Å². The maximum absolute atomic E-state index is 11.7. The van der Waals surface area contributed by atoms with Gasteiger partial charge in [0, 0.05) is 30.0 Å². The average Bonchev–Trinajstić information content (AvgIpc) is 3.09. The highest BCUT2D eigenvalue weighted by Crippen LogP contribution is 2.75. The number of rotatable bonds is 3. The van der Waals surface area contributed by atoms with Crippen LogP contribution >= 0.6 is 0 Å². The van der Waals surface area contributed by atoms with Crippen LogP contribution in [0, 0.1) is 17.3 Å². The summed E-state index contributed by atoms with van der Waals surface area (Å²) in [5.41, 5.74) is 0.525. The lowest BCUT2D eigenvalue weighted by Gasteiger charge is -2.72. The summed E-state index contributed by atoms with van der Waals surface area (Å²) in [6.45, 7) is 7.14. The molecule has 2 unspecified atom stereocenters.